The van der Waals surface area contributed by atoms with E-state index in [1.54, 1.807) is 0 Å². The molecule has 0 aliphatic rings. The van der Waals surface area contributed by atoms with Crippen LogP contribution < -0.4 is 11.1 Å². The Bertz CT molecular complexity index is 277. The van der Waals surface area contributed by atoms with Crippen LogP contribution in [0.4, 0.5) is 0 Å². The smallest absolute Gasteiger partial charge is 0.0444 e. The van der Waals surface area contributed by atoms with Gasteiger partial charge in [0.1, 0.15) is 0 Å². The van der Waals surface area contributed by atoms with Crippen molar-refractivity contribution in [3.8, 4) is 0 Å². The quantitative estimate of drug-likeness (QED) is 0.736. The summed E-state index contributed by atoms with van der Waals surface area (Å²) >= 11 is 0. The fourth-order valence-corrected chi connectivity index (χ4v) is 1.62. The SMILES string of the molecule is CNC(CN)c1ccc(C)cc1C. The molecule has 0 aliphatic heterocycles. The second-order valence-electron chi connectivity index (χ2n) is 3.44. The molecular weight excluding hydrogens is 160 g/mol. The molecule has 0 saturated heterocycles. The predicted molar refractivity (Wildman–Crippen MR) is 56.8 cm³/mol. The molecule has 3 N–H and O–H groups in total. The Morgan fingerprint density at radius 2 is 2.08 bits per heavy atom. The van der Waals surface area contributed by atoms with E-state index in [2.05, 4.69) is 37.4 Å². The van der Waals surface area contributed by atoms with Crippen LogP contribution in [0.2, 0.25) is 0 Å². The third-order valence-electron chi connectivity index (χ3n) is 2.38. The number of hydrogen-bond donors (Lipinski definition) is 2. The van der Waals surface area contributed by atoms with Crippen LogP contribution in [-0.2, 0) is 0 Å². The number of hydrogen-bond acceptors (Lipinski definition) is 2. The van der Waals surface area contributed by atoms with Gasteiger partial charge < -0.3 is 11.1 Å². The molecule has 1 aromatic rings. The number of likely N-dealkylation sites (N-methyl/N-ethyl adjacent to an activating group) is 1. The summed E-state index contributed by atoms with van der Waals surface area (Å²) in [5, 5.41) is 3.20. The van der Waals surface area contributed by atoms with E-state index in [9.17, 15) is 0 Å². The van der Waals surface area contributed by atoms with Crippen LogP contribution in [0, 0.1) is 13.8 Å². The maximum Gasteiger partial charge on any atom is 0.0444 e. The summed E-state index contributed by atoms with van der Waals surface area (Å²) in [6.07, 6.45) is 0. The van der Waals surface area contributed by atoms with Crippen molar-refractivity contribution in [3.05, 3.63) is 34.9 Å². The molecule has 0 spiro atoms. The molecule has 0 saturated carbocycles. The molecule has 1 atom stereocenters. The number of benzene rings is 1. The summed E-state index contributed by atoms with van der Waals surface area (Å²) < 4.78 is 0. The average molecular weight is 178 g/mol. The van der Waals surface area contributed by atoms with Crippen LogP contribution in [0.15, 0.2) is 18.2 Å². The van der Waals surface area contributed by atoms with E-state index in [1.807, 2.05) is 7.05 Å². The van der Waals surface area contributed by atoms with E-state index in [-0.39, 0.29) is 6.04 Å². The average Bonchev–Trinajstić information content (AvgIpc) is 2.10. The van der Waals surface area contributed by atoms with Crippen molar-refractivity contribution in [2.45, 2.75) is 19.9 Å². The zero-order chi connectivity index (χ0) is 9.84. The first-order chi connectivity index (χ1) is 6.19. The van der Waals surface area contributed by atoms with Crippen LogP contribution in [0.25, 0.3) is 0 Å². The Morgan fingerprint density at radius 1 is 1.38 bits per heavy atom. The lowest BCUT2D eigenvalue weighted by molar-refractivity contribution is 0.602. The molecule has 0 heterocycles. The van der Waals surface area contributed by atoms with Gasteiger partial charge in [-0.1, -0.05) is 23.8 Å². The highest BCUT2D eigenvalue weighted by molar-refractivity contribution is 5.32. The largest absolute Gasteiger partial charge is 0.329 e. The van der Waals surface area contributed by atoms with Crippen LogP contribution in [0.1, 0.15) is 22.7 Å². The topological polar surface area (TPSA) is 38.0 Å². The third-order valence-corrected chi connectivity index (χ3v) is 2.38. The molecule has 13 heavy (non-hydrogen) atoms. The first-order valence-electron chi connectivity index (χ1n) is 4.63. The molecule has 1 rings (SSSR count). The summed E-state index contributed by atoms with van der Waals surface area (Å²) in [5.41, 5.74) is 9.57. The van der Waals surface area contributed by atoms with Gasteiger partial charge >= 0.3 is 0 Å². The summed E-state index contributed by atoms with van der Waals surface area (Å²) in [5.74, 6) is 0. The van der Waals surface area contributed by atoms with Crippen molar-refractivity contribution in [1.82, 2.24) is 5.32 Å². The van der Waals surface area contributed by atoms with Gasteiger partial charge in [-0.15, -0.1) is 0 Å². The van der Waals surface area contributed by atoms with Gasteiger partial charge in [0, 0.05) is 12.6 Å². The highest BCUT2D eigenvalue weighted by Crippen LogP contribution is 2.17. The lowest BCUT2D eigenvalue weighted by atomic mass is 9.99. The number of rotatable bonds is 3. The molecule has 1 aromatic carbocycles. The first-order valence-corrected chi connectivity index (χ1v) is 4.63. The van der Waals surface area contributed by atoms with E-state index in [0.29, 0.717) is 6.54 Å². The van der Waals surface area contributed by atoms with Crippen molar-refractivity contribution in [3.63, 3.8) is 0 Å². The molecule has 0 aliphatic carbocycles. The summed E-state index contributed by atoms with van der Waals surface area (Å²) in [4.78, 5) is 0. The molecule has 2 nitrogen and oxygen atoms in total. The van der Waals surface area contributed by atoms with Crippen LogP contribution in [-0.4, -0.2) is 13.6 Å². The van der Waals surface area contributed by atoms with E-state index in [4.69, 9.17) is 5.73 Å². The fraction of sp³-hybridized carbons (Fsp3) is 0.455. The Labute approximate surface area is 80.1 Å². The normalized spacial score (nSPS) is 12.9. The van der Waals surface area contributed by atoms with Gasteiger partial charge in [-0.05, 0) is 32.0 Å². The minimum atomic E-state index is 0.278. The van der Waals surface area contributed by atoms with Crippen molar-refractivity contribution in [1.29, 1.82) is 0 Å². The molecule has 72 valence electrons. The summed E-state index contributed by atoms with van der Waals surface area (Å²) in [6, 6.07) is 6.75. The molecule has 2 heteroatoms. The van der Waals surface area contributed by atoms with Gasteiger partial charge in [0.15, 0.2) is 0 Å². The van der Waals surface area contributed by atoms with Gasteiger partial charge in [-0.25, -0.2) is 0 Å². The predicted octanol–water partition coefficient (Wildman–Crippen LogP) is 1.52. The van der Waals surface area contributed by atoms with Gasteiger partial charge in [0.25, 0.3) is 0 Å². The monoisotopic (exact) mass is 178 g/mol. The summed E-state index contributed by atoms with van der Waals surface area (Å²) in [6.45, 7) is 4.87. The van der Waals surface area contributed by atoms with Crippen molar-refractivity contribution in [2.24, 2.45) is 5.73 Å². The highest BCUT2D eigenvalue weighted by Gasteiger charge is 2.08. The zero-order valence-corrected chi connectivity index (χ0v) is 8.59. The fourth-order valence-electron chi connectivity index (χ4n) is 1.62. The molecule has 0 radical (unpaired) electrons. The van der Waals surface area contributed by atoms with Gasteiger partial charge in [0.05, 0.1) is 0 Å². The lowest BCUT2D eigenvalue weighted by Gasteiger charge is -2.16. The van der Waals surface area contributed by atoms with E-state index < -0.39 is 0 Å². The molecule has 0 aromatic heterocycles. The van der Waals surface area contributed by atoms with Crippen molar-refractivity contribution in [2.75, 3.05) is 13.6 Å². The molecule has 1 unspecified atom stereocenters. The Kier molecular flexibility index (Phi) is 3.46. The van der Waals surface area contributed by atoms with Crippen LogP contribution in [0.3, 0.4) is 0 Å². The van der Waals surface area contributed by atoms with E-state index >= 15 is 0 Å². The van der Waals surface area contributed by atoms with Crippen molar-refractivity contribution >= 4 is 0 Å². The molecule has 0 fully saturated rings. The Morgan fingerprint density at radius 3 is 2.54 bits per heavy atom. The number of aryl methyl sites for hydroxylation is 2. The van der Waals surface area contributed by atoms with Gasteiger partial charge in [-0.2, -0.15) is 0 Å². The zero-order valence-electron chi connectivity index (χ0n) is 8.59. The lowest BCUT2D eigenvalue weighted by Crippen LogP contribution is -2.25. The van der Waals surface area contributed by atoms with E-state index in [0.717, 1.165) is 0 Å². The molecule has 0 bridgehead atoms. The Balaban J connectivity index is 2.99. The minimum absolute atomic E-state index is 0.278. The van der Waals surface area contributed by atoms with Gasteiger partial charge in [0.2, 0.25) is 0 Å². The second-order valence-corrected chi connectivity index (χ2v) is 3.44. The van der Waals surface area contributed by atoms with Gasteiger partial charge in [-0.3, -0.25) is 0 Å². The Hall–Kier alpha value is -0.860. The van der Waals surface area contributed by atoms with Crippen LogP contribution >= 0.6 is 0 Å². The van der Waals surface area contributed by atoms with Crippen molar-refractivity contribution < 1.29 is 0 Å². The molecular formula is C11H18N2. The third kappa shape index (κ3) is 2.29. The number of nitrogens with one attached hydrogen (secondary N) is 1. The van der Waals surface area contributed by atoms with E-state index in [1.165, 1.54) is 16.7 Å². The highest BCUT2D eigenvalue weighted by atomic mass is 14.9. The first kappa shape index (κ1) is 10.2. The standard InChI is InChI=1S/C11H18N2/c1-8-4-5-10(9(2)6-8)11(7-12)13-3/h4-6,11,13H,7,12H2,1-3H3. The minimum Gasteiger partial charge on any atom is -0.329 e. The number of nitrogens with two attached hydrogens (primary N) is 1. The van der Waals surface area contributed by atoms with Crippen LogP contribution in [0.5, 0.6) is 0 Å². The maximum absolute atomic E-state index is 5.66. The molecule has 0 amide bonds. The second kappa shape index (κ2) is 4.40. The maximum atomic E-state index is 5.66. The summed E-state index contributed by atoms with van der Waals surface area (Å²) in [7, 11) is 1.94.